The molecule has 0 aliphatic heterocycles. The van der Waals surface area contributed by atoms with Gasteiger partial charge < -0.3 is 19.6 Å². The van der Waals surface area contributed by atoms with Crippen LogP contribution in [0.1, 0.15) is 54.9 Å². The number of hydrogen-bond donors (Lipinski definition) is 2. The Morgan fingerprint density at radius 1 is 1.13 bits per heavy atom. The lowest BCUT2D eigenvalue weighted by Crippen LogP contribution is -2.31. The molecule has 6 nitrogen and oxygen atoms in total. The lowest BCUT2D eigenvalue weighted by molar-refractivity contribution is 0.135. The zero-order chi connectivity index (χ0) is 21.1. The fraction of sp³-hybridized carbons (Fsp3) is 0.333. The fourth-order valence-corrected chi connectivity index (χ4v) is 4.03. The normalized spacial score (nSPS) is 13.7. The van der Waals surface area contributed by atoms with Crippen molar-refractivity contribution >= 4 is 6.09 Å². The van der Waals surface area contributed by atoms with Crippen LogP contribution in [0.4, 0.5) is 4.79 Å². The molecule has 4 rings (SSSR count). The Morgan fingerprint density at radius 2 is 1.77 bits per heavy atom. The van der Waals surface area contributed by atoms with Gasteiger partial charge in [-0.1, -0.05) is 62.4 Å². The number of nitrogens with one attached hydrogen (secondary N) is 1. The molecule has 0 unspecified atom stereocenters. The van der Waals surface area contributed by atoms with Crippen molar-refractivity contribution in [1.29, 1.82) is 0 Å². The molecule has 0 saturated heterocycles. The van der Waals surface area contributed by atoms with E-state index in [-0.39, 0.29) is 19.1 Å². The van der Waals surface area contributed by atoms with E-state index in [9.17, 15) is 9.90 Å². The van der Waals surface area contributed by atoms with E-state index >= 15 is 0 Å². The molecule has 0 saturated carbocycles. The van der Waals surface area contributed by atoms with Crippen LogP contribution in [0.5, 0.6) is 0 Å². The van der Waals surface area contributed by atoms with E-state index in [2.05, 4.69) is 48.4 Å². The molecule has 30 heavy (non-hydrogen) atoms. The zero-order valence-corrected chi connectivity index (χ0v) is 17.2. The second kappa shape index (κ2) is 8.71. The van der Waals surface area contributed by atoms with E-state index in [4.69, 9.17) is 9.15 Å². The summed E-state index contributed by atoms with van der Waals surface area (Å²) in [5, 5.41) is 12.1. The maximum atomic E-state index is 12.6. The number of carbonyl (C=O) groups is 1. The molecular formula is C24H26N2O4. The summed E-state index contributed by atoms with van der Waals surface area (Å²) in [7, 11) is 0. The predicted molar refractivity (Wildman–Crippen MR) is 113 cm³/mol. The Labute approximate surface area is 175 Å². The third-order valence-corrected chi connectivity index (χ3v) is 5.37. The zero-order valence-electron chi connectivity index (χ0n) is 17.2. The number of carbonyl (C=O) groups excluding carboxylic acids is 1. The molecule has 0 fully saturated rings. The van der Waals surface area contributed by atoms with Crippen LogP contribution in [0, 0.1) is 5.92 Å². The summed E-state index contributed by atoms with van der Waals surface area (Å²) >= 11 is 0. The lowest BCUT2D eigenvalue weighted by Gasteiger charge is -2.19. The summed E-state index contributed by atoms with van der Waals surface area (Å²) in [4.78, 5) is 16.9. The van der Waals surface area contributed by atoms with Gasteiger partial charge >= 0.3 is 6.09 Å². The van der Waals surface area contributed by atoms with E-state index in [0.717, 1.165) is 0 Å². The highest BCUT2D eigenvalue weighted by Crippen LogP contribution is 2.44. The molecule has 1 heterocycles. The third-order valence-electron chi connectivity index (χ3n) is 5.37. The maximum absolute atomic E-state index is 12.6. The van der Waals surface area contributed by atoms with Gasteiger partial charge in [-0.15, -0.1) is 0 Å². The lowest BCUT2D eigenvalue weighted by atomic mass is 9.98. The summed E-state index contributed by atoms with van der Waals surface area (Å²) in [6.07, 6.45) is 1.55. The van der Waals surface area contributed by atoms with Gasteiger partial charge in [-0.3, -0.25) is 0 Å². The van der Waals surface area contributed by atoms with Crippen LogP contribution in [-0.2, 0) is 11.3 Å². The Bertz CT molecular complexity index is 982. The number of fused-ring (bicyclic) bond motifs is 3. The monoisotopic (exact) mass is 406 g/mol. The predicted octanol–water partition coefficient (Wildman–Crippen LogP) is 4.79. The van der Waals surface area contributed by atoms with Crippen LogP contribution >= 0.6 is 0 Å². The number of benzene rings is 2. The van der Waals surface area contributed by atoms with Crippen molar-refractivity contribution in [2.24, 2.45) is 5.92 Å². The van der Waals surface area contributed by atoms with Crippen molar-refractivity contribution in [2.75, 3.05) is 6.61 Å². The van der Waals surface area contributed by atoms with Gasteiger partial charge in [0.25, 0.3) is 0 Å². The molecule has 1 aliphatic rings. The largest absolute Gasteiger partial charge is 0.449 e. The number of aromatic nitrogens is 1. The van der Waals surface area contributed by atoms with E-state index in [0.29, 0.717) is 23.9 Å². The Balaban J connectivity index is 1.46. The topological polar surface area (TPSA) is 84.6 Å². The van der Waals surface area contributed by atoms with Crippen molar-refractivity contribution in [3.8, 4) is 11.1 Å². The van der Waals surface area contributed by atoms with Gasteiger partial charge in [0.2, 0.25) is 5.89 Å². The first kappa shape index (κ1) is 20.2. The van der Waals surface area contributed by atoms with E-state index in [1.165, 1.54) is 28.5 Å². The van der Waals surface area contributed by atoms with E-state index < -0.39 is 12.1 Å². The van der Waals surface area contributed by atoms with Gasteiger partial charge in [0.15, 0.2) is 0 Å². The summed E-state index contributed by atoms with van der Waals surface area (Å²) in [5.41, 5.74) is 5.16. The average molecular weight is 406 g/mol. The number of amides is 1. The van der Waals surface area contributed by atoms with Crippen LogP contribution in [0.3, 0.4) is 0 Å². The minimum absolute atomic E-state index is 0.00873. The minimum atomic E-state index is -0.508. The minimum Gasteiger partial charge on any atom is -0.449 e. The third kappa shape index (κ3) is 4.09. The van der Waals surface area contributed by atoms with Crippen molar-refractivity contribution < 1.29 is 19.1 Å². The van der Waals surface area contributed by atoms with Crippen LogP contribution in [0.2, 0.25) is 0 Å². The smallest absolute Gasteiger partial charge is 0.407 e. The second-order valence-electron chi connectivity index (χ2n) is 7.99. The highest BCUT2D eigenvalue weighted by atomic mass is 16.5. The summed E-state index contributed by atoms with van der Waals surface area (Å²) in [6.45, 7) is 4.16. The fourth-order valence-electron chi connectivity index (χ4n) is 4.03. The molecule has 2 aromatic carbocycles. The van der Waals surface area contributed by atoms with E-state index in [1.54, 1.807) is 0 Å². The van der Waals surface area contributed by atoms with Crippen molar-refractivity contribution in [1.82, 2.24) is 10.3 Å². The first-order chi connectivity index (χ1) is 14.6. The molecule has 0 bridgehead atoms. The number of alkyl carbamates (subject to hydrolysis) is 1. The Kier molecular flexibility index (Phi) is 5.86. The van der Waals surface area contributed by atoms with Crippen LogP contribution in [0.25, 0.3) is 11.1 Å². The summed E-state index contributed by atoms with van der Waals surface area (Å²) in [6, 6.07) is 16.1. The average Bonchev–Trinajstić information content (AvgIpc) is 3.35. The standard InChI is InChI=1S/C24H26N2O4/c1-15(2)11-22(23-25-16(12-27)13-29-23)26-24(28)30-14-21-19-9-5-3-7-17(19)18-8-4-6-10-20(18)21/h3-10,13,15,21-22,27H,11-12,14H2,1-2H3,(H,26,28)/t22-/m1/s1. The van der Waals surface area contributed by atoms with Crippen molar-refractivity contribution in [2.45, 2.75) is 38.8 Å². The van der Waals surface area contributed by atoms with Gasteiger partial charge in [-0.2, -0.15) is 0 Å². The highest BCUT2D eigenvalue weighted by molar-refractivity contribution is 5.79. The van der Waals surface area contributed by atoms with Gasteiger partial charge in [-0.05, 0) is 34.6 Å². The molecule has 6 heteroatoms. The molecule has 1 aliphatic carbocycles. The molecular weight excluding hydrogens is 380 g/mol. The number of rotatable bonds is 7. The molecule has 1 amide bonds. The number of oxazole rings is 1. The highest BCUT2D eigenvalue weighted by Gasteiger charge is 2.29. The number of hydrogen-bond acceptors (Lipinski definition) is 5. The molecule has 3 aromatic rings. The van der Waals surface area contributed by atoms with Gasteiger partial charge in [0.1, 0.15) is 24.6 Å². The first-order valence-electron chi connectivity index (χ1n) is 10.2. The number of aliphatic hydroxyl groups is 1. The Morgan fingerprint density at radius 3 is 2.33 bits per heavy atom. The summed E-state index contributed by atoms with van der Waals surface area (Å²) < 4.78 is 11.1. The molecule has 1 atom stereocenters. The first-order valence-corrected chi connectivity index (χ1v) is 10.2. The summed E-state index contributed by atoms with van der Waals surface area (Å²) in [5.74, 6) is 0.698. The second-order valence-corrected chi connectivity index (χ2v) is 7.99. The molecule has 0 radical (unpaired) electrons. The SMILES string of the molecule is CC(C)C[C@@H](NC(=O)OCC1c2ccccc2-c2ccccc21)c1nc(CO)co1. The molecule has 2 N–H and O–H groups in total. The quantitative estimate of drug-likeness (QED) is 0.589. The number of nitrogens with zero attached hydrogens (tertiary/aromatic N) is 1. The molecule has 1 aromatic heterocycles. The van der Waals surface area contributed by atoms with Gasteiger partial charge in [-0.25, -0.2) is 9.78 Å². The number of aliphatic hydroxyl groups excluding tert-OH is 1. The number of ether oxygens (including phenoxy) is 1. The van der Waals surface area contributed by atoms with Crippen LogP contribution in [0.15, 0.2) is 59.2 Å². The van der Waals surface area contributed by atoms with E-state index in [1.807, 2.05) is 24.3 Å². The van der Waals surface area contributed by atoms with Gasteiger partial charge in [0.05, 0.1) is 6.61 Å². The maximum Gasteiger partial charge on any atom is 0.407 e. The molecule has 156 valence electrons. The van der Waals surface area contributed by atoms with Crippen LogP contribution in [-0.4, -0.2) is 22.8 Å². The van der Waals surface area contributed by atoms with Crippen molar-refractivity contribution in [3.63, 3.8) is 0 Å². The molecule has 0 spiro atoms. The van der Waals surface area contributed by atoms with Gasteiger partial charge in [0, 0.05) is 5.92 Å². The van der Waals surface area contributed by atoms with Crippen LogP contribution < -0.4 is 5.32 Å². The van der Waals surface area contributed by atoms with Crippen molar-refractivity contribution in [3.05, 3.63) is 77.5 Å². The Hall–Kier alpha value is -3.12.